The van der Waals surface area contributed by atoms with Crippen LogP contribution in [0.15, 0.2) is 63.7 Å². The maximum Gasteiger partial charge on any atom is 0.344 e. The Bertz CT molecular complexity index is 1120. The summed E-state index contributed by atoms with van der Waals surface area (Å²) in [6.45, 7) is 3.96. The van der Waals surface area contributed by atoms with Crippen LogP contribution in [0.2, 0.25) is 10.0 Å². The first-order chi connectivity index (χ1) is 15.3. The van der Waals surface area contributed by atoms with Crippen LogP contribution in [0.5, 0.6) is 5.75 Å². The van der Waals surface area contributed by atoms with Crippen LogP contribution in [0.1, 0.15) is 29.8 Å². The summed E-state index contributed by atoms with van der Waals surface area (Å²) in [7, 11) is 0. The van der Waals surface area contributed by atoms with Gasteiger partial charge in [0.25, 0.3) is 5.91 Å². The molecule has 0 spiro atoms. The van der Waals surface area contributed by atoms with Gasteiger partial charge < -0.3 is 14.6 Å². The number of thioether (sulfide) groups is 1. The minimum Gasteiger partial charge on any atom is -0.506 e. The molecular formula is C23H19Cl2NO5S. The lowest BCUT2D eigenvalue weighted by atomic mass is 10.1. The van der Waals surface area contributed by atoms with Gasteiger partial charge in [0.15, 0.2) is 5.75 Å². The topological polar surface area (TPSA) is 85.2 Å². The predicted octanol–water partition coefficient (Wildman–Crippen LogP) is 6.09. The molecule has 0 radical (unpaired) electrons. The van der Waals surface area contributed by atoms with E-state index in [1.807, 2.05) is 6.92 Å². The van der Waals surface area contributed by atoms with Gasteiger partial charge in [-0.3, -0.25) is 4.79 Å². The van der Waals surface area contributed by atoms with Crippen molar-refractivity contribution in [2.24, 2.45) is 4.99 Å². The molecule has 3 rings (SSSR count). The number of rotatable bonds is 6. The van der Waals surface area contributed by atoms with E-state index in [1.54, 1.807) is 55.5 Å². The molecule has 0 aromatic heterocycles. The minimum absolute atomic E-state index is 0.0455. The van der Waals surface area contributed by atoms with E-state index in [0.29, 0.717) is 38.4 Å². The van der Waals surface area contributed by atoms with E-state index in [-0.39, 0.29) is 23.0 Å². The summed E-state index contributed by atoms with van der Waals surface area (Å²) in [4.78, 5) is 29.4. The van der Waals surface area contributed by atoms with Crippen molar-refractivity contribution in [3.8, 4) is 5.75 Å². The number of hydrogen-bond donors (Lipinski definition) is 1. The van der Waals surface area contributed by atoms with Crippen molar-refractivity contribution in [3.05, 3.63) is 79.9 Å². The highest BCUT2D eigenvalue weighted by Gasteiger charge is 2.34. The van der Waals surface area contributed by atoms with Gasteiger partial charge in [0.05, 0.1) is 28.2 Å². The van der Waals surface area contributed by atoms with Gasteiger partial charge in [0.2, 0.25) is 0 Å². The highest BCUT2D eigenvalue weighted by atomic mass is 35.5. The van der Waals surface area contributed by atoms with E-state index >= 15 is 0 Å². The lowest BCUT2D eigenvalue weighted by molar-refractivity contribution is -0.138. The predicted molar refractivity (Wildman–Crippen MR) is 128 cm³/mol. The van der Waals surface area contributed by atoms with Crippen molar-refractivity contribution in [1.29, 1.82) is 0 Å². The molecule has 1 amide bonds. The fourth-order valence-corrected chi connectivity index (χ4v) is 4.45. The number of carbonyl (C=O) groups is 2. The number of halogens is 2. The average molecular weight is 492 g/mol. The van der Waals surface area contributed by atoms with Gasteiger partial charge in [-0.15, -0.1) is 0 Å². The van der Waals surface area contributed by atoms with Crippen LogP contribution in [0, 0.1) is 0 Å². The van der Waals surface area contributed by atoms with Crippen LogP contribution >= 0.6 is 35.0 Å². The molecule has 1 heterocycles. The number of esters is 1. The third-order valence-electron chi connectivity index (χ3n) is 4.20. The van der Waals surface area contributed by atoms with E-state index in [2.05, 4.69) is 4.99 Å². The first-order valence-corrected chi connectivity index (χ1v) is 11.2. The highest BCUT2D eigenvalue weighted by molar-refractivity contribution is 8.18. The average Bonchev–Trinajstić information content (AvgIpc) is 3.06. The summed E-state index contributed by atoms with van der Waals surface area (Å²) >= 11 is 13.5. The smallest absolute Gasteiger partial charge is 0.344 e. The van der Waals surface area contributed by atoms with Gasteiger partial charge in [-0.1, -0.05) is 53.2 Å². The number of benzene rings is 2. The number of aliphatic hydroxyl groups is 1. The molecule has 166 valence electrons. The normalized spacial score (nSPS) is 16.0. The molecule has 0 atom stereocenters. The summed E-state index contributed by atoms with van der Waals surface area (Å²) in [5.74, 6) is -1.30. The molecule has 0 saturated carbocycles. The lowest BCUT2D eigenvalue weighted by Gasteiger charge is -2.09. The van der Waals surface area contributed by atoms with Crippen LogP contribution in [0.4, 0.5) is 0 Å². The second-order valence-electron chi connectivity index (χ2n) is 6.39. The Hall–Kier alpha value is -2.74. The summed E-state index contributed by atoms with van der Waals surface area (Å²) in [5, 5.41) is 11.4. The summed E-state index contributed by atoms with van der Waals surface area (Å²) in [5.41, 5.74) is 0.748. The molecule has 0 saturated heterocycles. The molecule has 0 fully saturated rings. The first-order valence-electron chi connectivity index (χ1n) is 9.66. The monoisotopic (exact) mass is 491 g/mol. The molecule has 1 aliphatic heterocycles. The molecule has 0 bridgehead atoms. The largest absolute Gasteiger partial charge is 0.506 e. The highest BCUT2D eigenvalue weighted by Crippen LogP contribution is 2.41. The van der Waals surface area contributed by atoms with E-state index in [4.69, 9.17) is 32.7 Å². The summed E-state index contributed by atoms with van der Waals surface area (Å²) < 4.78 is 10.5. The van der Waals surface area contributed by atoms with E-state index < -0.39 is 11.9 Å². The SMILES string of the molecule is CCOC(=O)C1=C(O)/C(=C/c2cc(Cl)c(OCC)c(Cl)c2)SC1=NC(=O)c1ccccc1. The number of ether oxygens (including phenoxy) is 2. The van der Waals surface area contributed by atoms with E-state index in [0.717, 1.165) is 11.8 Å². The third-order valence-corrected chi connectivity index (χ3v) is 5.78. The third kappa shape index (κ3) is 5.35. The zero-order valence-electron chi connectivity index (χ0n) is 17.2. The molecule has 1 aliphatic rings. The van der Waals surface area contributed by atoms with Crippen LogP contribution in [-0.4, -0.2) is 35.2 Å². The van der Waals surface area contributed by atoms with Crippen LogP contribution < -0.4 is 4.74 Å². The maximum atomic E-state index is 12.6. The second kappa shape index (κ2) is 10.7. The van der Waals surface area contributed by atoms with Gasteiger partial charge in [0.1, 0.15) is 16.4 Å². The zero-order chi connectivity index (χ0) is 23.3. The molecule has 2 aromatic rings. The van der Waals surface area contributed by atoms with Crippen molar-refractivity contribution in [3.63, 3.8) is 0 Å². The Morgan fingerprint density at radius 1 is 1.09 bits per heavy atom. The van der Waals surface area contributed by atoms with Gasteiger partial charge in [-0.25, -0.2) is 9.79 Å². The number of aliphatic hydroxyl groups excluding tert-OH is 1. The fraction of sp³-hybridized carbons (Fsp3) is 0.174. The zero-order valence-corrected chi connectivity index (χ0v) is 19.6. The van der Waals surface area contributed by atoms with Crippen LogP contribution in [0.3, 0.4) is 0 Å². The maximum absolute atomic E-state index is 12.6. The molecule has 6 nitrogen and oxygen atoms in total. The van der Waals surface area contributed by atoms with E-state index in [9.17, 15) is 14.7 Å². The second-order valence-corrected chi connectivity index (χ2v) is 8.23. The Labute approximate surface area is 199 Å². The fourth-order valence-electron chi connectivity index (χ4n) is 2.83. The van der Waals surface area contributed by atoms with Crippen LogP contribution in [0.25, 0.3) is 6.08 Å². The Kier molecular flexibility index (Phi) is 8.01. The number of aliphatic imine (C=N–C) groups is 1. The number of carbonyl (C=O) groups excluding carboxylic acids is 2. The van der Waals surface area contributed by atoms with Crippen molar-refractivity contribution in [2.75, 3.05) is 13.2 Å². The molecule has 9 heteroatoms. The Morgan fingerprint density at radius 2 is 1.75 bits per heavy atom. The summed E-state index contributed by atoms with van der Waals surface area (Å²) in [6, 6.07) is 11.7. The summed E-state index contributed by atoms with van der Waals surface area (Å²) in [6.07, 6.45) is 1.59. The van der Waals surface area contributed by atoms with Gasteiger partial charge >= 0.3 is 5.97 Å². The van der Waals surface area contributed by atoms with E-state index in [1.165, 1.54) is 0 Å². The van der Waals surface area contributed by atoms with Gasteiger partial charge in [-0.05, 0) is 49.8 Å². The standard InChI is InChI=1S/C23H19Cl2NO5S/c1-3-30-20-15(24)10-13(11-16(20)25)12-17-19(27)18(23(29)31-4-2)22(32-17)26-21(28)14-8-6-5-7-9-14/h5-12,27H,3-4H2,1-2H3/b17-12-,26-22?. The van der Waals surface area contributed by atoms with Crippen molar-refractivity contribution in [1.82, 2.24) is 0 Å². The number of hydrogen-bond acceptors (Lipinski definition) is 6. The Morgan fingerprint density at radius 3 is 2.34 bits per heavy atom. The van der Waals surface area contributed by atoms with Crippen molar-refractivity contribution >= 4 is 58.0 Å². The molecule has 32 heavy (non-hydrogen) atoms. The van der Waals surface area contributed by atoms with Crippen molar-refractivity contribution < 1.29 is 24.2 Å². The minimum atomic E-state index is -0.775. The molecule has 0 aliphatic carbocycles. The number of amides is 1. The van der Waals surface area contributed by atoms with Crippen LogP contribution in [-0.2, 0) is 9.53 Å². The quantitative estimate of drug-likeness (QED) is 0.491. The van der Waals surface area contributed by atoms with Gasteiger partial charge in [0, 0.05) is 5.56 Å². The molecule has 0 unspecified atom stereocenters. The number of nitrogens with zero attached hydrogens (tertiary/aromatic N) is 1. The molecule has 1 N–H and O–H groups in total. The molecular weight excluding hydrogens is 473 g/mol. The Balaban J connectivity index is 2.02. The van der Waals surface area contributed by atoms with Crippen molar-refractivity contribution in [2.45, 2.75) is 13.8 Å². The lowest BCUT2D eigenvalue weighted by Crippen LogP contribution is -2.14. The first kappa shape index (κ1) is 23.9. The molecule has 2 aromatic carbocycles. The van der Waals surface area contributed by atoms with Gasteiger partial charge in [-0.2, -0.15) is 0 Å².